The fraction of sp³-hybridized carbons (Fsp3) is 0.515. The van der Waals surface area contributed by atoms with Crippen molar-refractivity contribution >= 4 is 16.8 Å². The van der Waals surface area contributed by atoms with Crippen LogP contribution in [0.15, 0.2) is 36.5 Å². The Morgan fingerprint density at radius 2 is 1.84 bits per heavy atom. The van der Waals surface area contributed by atoms with Gasteiger partial charge >= 0.3 is 0 Å². The van der Waals surface area contributed by atoms with Crippen LogP contribution in [0.4, 0.5) is 17.6 Å². The lowest BCUT2D eigenvalue weighted by Crippen LogP contribution is -2.48. The number of aryl methyl sites for hydroxylation is 1. The Balaban J connectivity index is 1.27. The molecular formula is C33H40F4N4O4. The predicted octanol–water partition coefficient (Wildman–Crippen LogP) is 5.50. The molecule has 1 amide bonds. The van der Waals surface area contributed by atoms with Crippen LogP contribution in [0, 0.1) is 22.9 Å². The maximum atomic E-state index is 16.5. The molecule has 2 aromatic carbocycles. The molecule has 1 atom stereocenters. The van der Waals surface area contributed by atoms with Gasteiger partial charge in [0.25, 0.3) is 0 Å². The molecule has 244 valence electrons. The number of likely N-dealkylation sites (tertiary alicyclic amines) is 1. The molecule has 3 heterocycles. The van der Waals surface area contributed by atoms with Crippen LogP contribution in [0.3, 0.4) is 0 Å². The fourth-order valence-corrected chi connectivity index (χ4v) is 6.60. The summed E-state index contributed by atoms with van der Waals surface area (Å²) in [6, 6.07) is 6.92. The van der Waals surface area contributed by atoms with Gasteiger partial charge in [-0.1, -0.05) is 0 Å². The maximum absolute atomic E-state index is 16.5. The fourth-order valence-electron chi connectivity index (χ4n) is 6.60. The molecule has 3 aromatic rings. The third-order valence-electron chi connectivity index (χ3n) is 9.27. The number of carbonyl (C=O) groups excluding carboxylic acids is 1. The lowest BCUT2D eigenvalue weighted by Gasteiger charge is -2.40. The van der Waals surface area contributed by atoms with E-state index in [1.165, 1.54) is 0 Å². The highest BCUT2D eigenvalue weighted by Crippen LogP contribution is 2.42. The molecule has 0 bridgehead atoms. The van der Waals surface area contributed by atoms with Gasteiger partial charge in [0.05, 0.1) is 31.3 Å². The van der Waals surface area contributed by atoms with Gasteiger partial charge < -0.3 is 14.4 Å². The van der Waals surface area contributed by atoms with Crippen LogP contribution in [0.25, 0.3) is 10.9 Å². The second-order valence-electron chi connectivity index (χ2n) is 12.0. The first kappa shape index (κ1) is 33.1. The van der Waals surface area contributed by atoms with E-state index < -0.39 is 34.9 Å². The van der Waals surface area contributed by atoms with Gasteiger partial charge in [0, 0.05) is 42.8 Å². The van der Waals surface area contributed by atoms with Gasteiger partial charge in [-0.25, -0.2) is 23.0 Å². The summed E-state index contributed by atoms with van der Waals surface area (Å²) in [5, 5.41) is 10.3. The van der Waals surface area contributed by atoms with Crippen molar-refractivity contribution in [2.45, 2.75) is 51.2 Å². The van der Waals surface area contributed by atoms with Gasteiger partial charge in [-0.2, -0.15) is 0 Å². The number of carbonyl (C=O) groups is 1. The van der Waals surface area contributed by atoms with E-state index in [0.29, 0.717) is 86.9 Å². The van der Waals surface area contributed by atoms with Gasteiger partial charge in [-0.05, 0) is 93.6 Å². The number of fused-ring (bicyclic) bond motifs is 1. The number of pyridine rings is 1. The minimum absolute atomic E-state index is 0.0123. The number of morpholine rings is 1. The van der Waals surface area contributed by atoms with E-state index in [9.17, 15) is 23.2 Å². The zero-order chi connectivity index (χ0) is 32.0. The van der Waals surface area contributed by atoms with Crippen molar-refractivity contribution in [2.24, 2.45) is 5.41 Å². The number of alkyl halides is 1. The van der Waals surface area contributed by atoms with E-state index in [1.807, 2.05) is 5.48 Å². The summed E-state index contributed by atoms with van der Waals surface area (Å²) in [5.74, 6) is -3.01. The smallest absolute Gasteiger partial charge is 0.249 e. The number of nitrogens with one attached hydrogen (secondary N) is 1. The first-order valence-corrected chi connectivity index (χ1v) is 15.4. The Morgan fingerprint density at radius 1 is 1.09 bits per heavy atom. The van der Waals surface area contributed by atoms with Crippen molar-refractivity contribution in [1.82, 2.24) is 20.3 Å². The van der Waals surface area contributed by atoms with E-state index in [-0.39, 0.29) is 24.8 Å². The normalized spacial score (nSPS) is 18.2. The van der Waals surface area contributed by atoms with Crippen LogP contribution in [-0.4, -0.2) is 78.9 Å². The van der Waals surface area contributed by atoms with Gasteiger partial charge in [0.15, 0.2) is 11.6 Å². The molecule has 0 saturated carbocycles. The summed E-state index contributed by atoms with van der Waals surface area (Å²) in [6.45, 7) is 4.74. The lowest BCUT2D eigenvalue weighted by molar-refractivity contribution is -0.143. The number of piperidine rings is 1. The second kappa shape index (κ2) is 14.8. The number of hydroxylamine groups is 1. The minimum Gasteiger partial charge on any atom is -0.497 e. The van der Waals surface area contributed by atoms with Crippen LogP contribution in [-0.2, 0) is 22.5 Å². The Bertz CT molecular complexity index is 1480. The summed E-state index contributed by atoms with van der Waals surface area (Å²) >= 11 is 0. The van der Waals surface area contributed by atoms with Crippen LogP contribution >= 0.6 is 0 Å². The number of hydrogen-bond donors (Lipinski definition) is 2. The molecule has 1 aromatic heterocycles. The van der Waals surface area contributed by atoms with E-state index in [0.717, 1.165) is 24.7 Å². The molecule has 0 aliphatic carbocycles. The maximum Gasteiger partial charge on any atom is 0.249 e. The Morgan fingerprint density at radius 3 is 2.56 bits per heavy atom. The average molecular weight is 633 g/mol. The molecular weight excluding hydrogens is 592 g/mol. The number of ether oxygens (including phenoxy) is 2. The van der Waals surface area contributed by atoms with Crippen molar-refractivity contribution < 1.29 is 37.0 Å². The van der Waals surface area contributed by atoms with E-state index in [1.54, 1.807) is 31.5 Å². The summed E-state index contributed by atoms with van der Waals surface area (Å²) in [5.41, 5.74) is 2.78. The van der Waals surface area contributed by atoms with Crippen molar-refractivity contribution in [2.75, 3.05) is 53.0 Å². The third-order valence-corrected chi connectivity index (χ3v) is 9.27. The summed E-state index contributed by atoms with van der Waals surface area (Å²) in [6.07, 6.45) is 2.02. The summed E-state index contributed by atoms with van der Waals surface area (Å²) < 4.78 is 68.6. The number of halogens is 4. The van der Waals surface area contributed by atoms with Gasteiger partial charge in [-0.3, -0.25) is 19.9 Å². The Kier molecular flexibility index (Phi) is 10.9. The van der Waals surface area contributed by atoms with Crippen LogP contribution < -0.4 is 10.2 Å². The molecule has 8 nitrogen and oxygen atoms in total. The quantitative estimate of drug-likeness (QED) is 0.118. The SMILES string of the molecule is COc1ccc2ncc(CN3CCOCC3)c([C@H](F)CCC3(C(=O)NO)CCN(CCCc4cc(F)cc(F)c4F)CC3)c2c1. The van der Waals surface area contributed by atoms with Crippen molar-refractivity contribution in [3.05, 3.63) is 70.7 Å². The number of hydrogen-bond acceptors (Lipinski definition) is 7. The number of nitrogens with zero attached hydrogens (tertiary/aromatic N) is 3. The molecule has 0 spiro atoms. The molecule has 2 saturated heterocycles. The number of methoxy groups -OCH3 is 1. The Hall–Kier alpha value is -3.32. The number of benzene rings is 2. The Labute approximate surface area is 260 Å². The molecule has 2 fully saturated rings. The lowest BCUT2D eigenvalue weighted by atomic mass is 9.73. The van der Waals surface area contributed by atoms with Crippen LogP contribution in [0.2, 0.25) is 0 Å². The van der Waals surface area contributed by atoms with E-state index >= 15 is 4.39 Å². The number of rotatable bonds is 12. The molecule has 2 aliphatic heterocycles. The van der Waals surface area contributed by atoms with Crippen molar-refractivity contribution in [3.8, 4) is 5.75 Å². The zero-order valence-electron chi connectivity index (χ0n) is 25.5. The molecule has 2 aliphatic rings. The molecule has 0 unspecified atom stereocenters. The average Bonchev–Trinajstić information content (AvgIpc) is 3.06. The molecule has 45 heavy (non-hydrogen) atoms. The van der Waals surface area contributed by atoms with E-state index in [4.69, 9.17) is 9.47 Å². The monoisotopic (exact) mass is 632 g/mol. The first-order valence-electron chi connectivity index (χ1n) is 15.4. The number of aromatic nitrogens is 1. The van der Waals surface area contributed by atoms with Crippen molar-refractivity contribution in [1.29, 1.82) is 0 Å². The van der Waals surface area contributed by atoms with Gasteiger partial charge in [0.1, 0.15) is 17.7 Å². The standard InChI is InChI=1S/C33H40F4N4O4/c1-44-25-4-5-29-26(19-25)30(23(20-38-29)21-41-13-15-45-16-14-41)27(35)6-7-33(32(42)39-43)8-11-40(12-9-33)10-2-3-22-17-24(34)18-28(36)31(22)37/h4-5,17-20,27,43H,2-3,6-16,21H2,1H3,(H,39,42)/t27-/m1/s1. The van der Waals surface area contributed by atoms with Crippen LogP contribution in [0.5, 0.6) is 5.75 Å². The summed E-state index contributed by atoms with van der Waals surface area (Å²) in [4.78, 5) is 21.9. The van der Waals surface area contributed by atoms with Gasteiger partial charge in [-0.15, -0.1) is 0 Å². The highest BCUT2D eigenvalue weighted by atomic mass is 19.2. The zero-order valence-corrected chi connectivity index (χ0v) is 25.5. The summed E-state index contributed by atoms with van der Waals surface area (Å²) in [7, 11) is 1.56. The highest BCUT2D eigenvalue weighted by Gasteiger charge is 2.41. The molecule has 5 rings (SSSR count). The predicted molar refractivity (Wildman–Crippen MR) is 160 cm³/mol. The van der Waals surface area contributed by atoms with Gasteiger partial charge in [0.2, 0.25) is 5.91 Å². The topological polar surface area (TPSA) is 87.2 Å². The van der Waals surface area contributed by atoms with Crippen molar-refractivity contribution in [3.63, 3.8) is 0 Å². The second-order valence-corrected chi connectivity index (χ2v) is 12.0. The first-order chi connectivity index (χ1) is 21.7. The molecule has 0 radical (unpaired) electrons. The third kappa shape index (κ3) is 7.74. The minimum atomic E-state index is -1.40. The van der Waals surface area contributed by atoms with Crippen LogP contribution in [0.1, 0.15) is 55.0 Å². The highest BCUT2D eigenvalue weighted by molar-refractivity contribution is 5.85. The number of amides is 1. The molecule has 12 heteroatoms. The molecule has 2 N–H and O–H groups in total. The van der Waals surface area contributed by atoms with E-state index in [2.05, 4.69) is 14.8 Å². The largest absolute Gasteiger partial charge is 0.497 e.